The van der Waals surface area contributed by atoms with E-state index in [-0.39, 0.29) is 11.9 Å². The lowest BCUT2D eigenvalue weighted by Gasteiger charge is -2.15. The van der Waals surface area contributed by atoms with Crippen LogP contribution in [-0.4, -0.2) is 42.7 Å². The quantitative estimate of drug-likeness (QED) is 0.778. The number of nitrogens with one attached hydrogen (secondary N) is 2. The number of methoxy groups -OCH3 is 2. The molecule has 1 amide bonds. The summed E-state index contributed by atoms with van der Waals surface area (Å²) in [4.78, 5) is 20.1. The fraction of sp³-hybridized carbons (Fsp3) is 0.615. The van der Waals surface area contributed by atoms with Crippen molar-refractivity contribution in [2.75, 3.05) is 26.1 Å². The van der Waals surface area contributed by atoms with Crippen LogP contribution in [-0.2, 0) is 4.79 Å². The molecule has 1 aromatic rings. The van der Waals surface area contributed by atoms with Crippen LogP contribution < -0.4 is 20.1 Å². The molecule has 0 bridgehead atoms. The molecule has 1 unspecified atom stereocenters. The molecule has 2 N–H and O–H groups in total. The first-order chi connectivity index (χ1) is 9.46. The number of nitrogens with zero attached hydrogens (tertiary/aromatic N) is 2. The number of ether oxygens (including phenoxy) is 2. The van der Waals surface area contributed by atoms with Gasteiger partial charge in [-0.2, -0.15) is 9.97 Å². The molecule has 0 aliphatic rings. The number of carbonyl (C=O) groups is 1. The minimum Gasteiger partial charge on any atom is -0.481 e. The van der Waals surface area contributed by atoms with Gasteiger partial charge in [-0.05, 0) is 12.8 Å². The van der Waals surface area contributed by atoms with Gasteiger partial charge in [0.1, 0.15) is 6.04 Å². The SMILES string of the molecule is COc1cc(OC)nc(NC(C)C(=O)NCC(C)C)n1. The van der Waals surface area contributed by atoms with Gasteiger partial charge in [0.25, 0.3) is 0 Å². The molecule has 1 aromatic heterocycles. The van der Waals surface area contributed by atoms with Crippen LogP contribution in [0.15, 0.2) is 6.07 Å². The molecule has 0 saturated heterocycles. The summed E-state index contributed by atoms with van der Waals surface area (Å²) in [6, 6.07) is 1.11. The van der Waals surface area contributed by atoms with E-state index in [0.717, 1.165) is 0 Å². The van der Waals surface area contributed by atoms with Crippen LogP contribution in [0.1, 0.15) is 20.8 Å². The van der Waals surface area contributed by atoms with Crippen molar-refractivity contribution in [3.63, 3.8) is 0 Å². The molecule has 1 rings (SSSR count). The highest BCUT2D eigenvalue weighted by molar-refractivity contribution is 5.83. The number of anilines is 1. The van der Waals surface area contributed by atoms with Crippen LogP contribution in [0.25, 0.3) is 0 Å². The van der Waals surface area contributed by atoms with Crippen LogP contribution >= 0.6 is 0 Å². The van der Waals surface area contributed by atoms with Crippen LogP contribution in [0.5, 0.6) is 11.8 Å². The van der Waals surface area contributed by atoms with E-state index in [2.05, 4.69) is 20.6 Å². The predicted octanol–water partition coefficient (Wildman–Crippen LogP) is 1.07. The second-order valence-corrected chi connectivity index (χ2v) is 4.78. The third kappa shape index (κ3) is 4.91. The molecule has 0 saturated carbocycles. The number of carbonyl (C=O) groups excluding carboxylic acids is 1. The standard InChI is InChI=1S/C13H22N4O3/c1-8(2)7-14-12(18)9(3)15-13-16-10(19-4)6-11(17-13)20-5/h6,8-9H,7H2,1-5H3,(H,14,18)(H,15,16,17). The molecule has 0 spiro atoms. The number of aromatic nitrogens is 2. The normalized spacial score (nSPS) is 11.9. The van der Waals surface area contributed by atoms with Crippen molar-refractivity contribution < 1.29 is 14.3 Å². The smallest absolute Gasteiger partial charge is 0.242 e. The minimum absolute atomic E-state index is 0.107. The van der Waals surface area contributed by atoms with Gasteiger partial charge in [0.2, 0.25) is 23.6 Å². The van der Waals surface area contributed by atoms with E-state index in [9.17, 15) is 4.79 Å². The molecule has 1 heterocycles. The Morgan fingerprint density at radius 1 is 1.20 bits per heavy atom. The summed E-state index contributed by atoms with van der Waals surface area (Å²) in [7, 11) is 3.01. The van der Waals surface area contributed by atoms with Gasteiger partial charge in [-0.1, -0.05) is 13.8 Å². The van der Waals surface area contributed by atoms with Crippen molar-refractivity contribution in [2.45, 2.75) is 26.8 Å². The summed E-state index contributed by atoms with van der Waals surface area (Å²) in [5.41, 5.74) is 0. The van der Waals surface area contributed by atoms with Crippen molar-refractivity contribution in [2.24, 2.45) is 5.92 Å². The Hall–Kier alpha value is -2.05. The topological polar surface area (TPSA) is 85.4 Å². The Labute approximate surface area is 119 Å². The third-order valence-corrected chi connectivity index (χ3v) is 2.52. The van der Waals surface area contributed by atoms with Crippen LogP contribution in [0.3, 0.4) is 0 Å². The van der Waals surface area contributed by atoms with E-state index in [1.807, 2.05) is 13.8 Å². The van der Waals surface area contributed by atoms with E-state index < -0.39 is 6.04 Å². The van der Waals surface area contributed by atoms with Crippen molar-refractivity contribution >= 4 is 11.9 Å². The molecular formula is C13H22N4O3. The predicted molar refractivity (Wildman–Crippen MR) is 76.1 cm³/mol. The van der Waals surface area contributed by atoms with Crippen molar-refractivity contribution in [3.05, 3.63) is 6.07 Å². The molecular weight excluding hydrogens is 260 g/mol. The number of hydrogen-bond donors (Lipinski definition) is 2. The summed E-state index contributed by atoms with van der Waals surface area (Å²) in [6.45, 7) is 6.45. The van der Waals surface area contributed by atoms with Crippen molar-refractivity contribution in [1.82, 2.24) is 15.3 Å². The average molecular weight is 282 g/mol. The maximum absolute atomic E-state index is 11.9. The molecule has 0 aromatic carbocycles. The molecule has 7 heteroatoms. The van der Waals surface area contributed by atoms with Gasteiger partial charge in [0.05, 0.1) is 20.3 Å². The molecule has 0 radical (unpaired) electrons. The first kappa shape index (κ1) is 16.0. The molecule has 7 nitrogen and oxygen atoms in total. The van der Waals surface area contributed by atoms with Gasteiger partial charge in [0.15, 0.2) is 0 Å². The summed E-state index contributed by atoms with van der Waals surface area (Å²) < 4.78 is 10.1. The Bertz CT molecular complexity index is 429. The fourth-order valence-electron chi connectivity index (χ4n) is 1.39. The zero-order valence-corrected chi connectivity index (χ0v) is 12.6. The Kier molecular flexibility index (Phi) is 6.02. The van der Waals surface area contributed by atoms with Crippen molar-refractivity contribution in [3.8, 4) is 11.8 Å². The lowest BCUT2D eigenvalue weighted by molar-refractivity contribution is -0.121. The van der Waals surface area contributed by atoms with Gasteiger partial charge >= 0.3 is 0 Å². The first-order valence-corrected chi connectivity index (χ1v) is 6.47. The lowest BCUT2D eigenvalue weighted by Crippen LogP contribution is -2.39. The summed E-state index contributed by atoms with van der Waals surface area (Å²) in [5, 5.41) is 5.76. The van der Waals surface area contributed by atoms with Gasteiger partial charge < -0.3 is 20.1 Å². The maximum Gasteiger partial charge on any atom is 0.242 e. The van der Waals surface area contributed by atoms with E-state index in [0.29, 0.717) is 24.2 Å². The zero-order chi connectivity index (χ0) is 15.1. The van der Waals surface area contributed by atoms with Gasteiger partial charge in [-0.25, -0.2) is 0 Å². The Morgan fingerprint density at radius 2 is 1.75 bits per heavy atom. The highest BCUT2D eigenvalue weighted by atomic mass is 16.5. The van der Waals surface area contributed by atoms with Crippen molar-refractivity contribution in [1.29, 1.82) is 0 Å². The Morgan fingerprint density at radius 3 is 2.20 bits per heavy atom. The van der Waals surface area contributed by atoms with E-state index in [1.165, 1.54) is 14.2 Å². The summed E-state index contributed by atoms with van der Waals surface area (Å²) in [5.74, 6) is 1.32. The molecule has 0 aliphatic carbocycles. The van der Waals surface area contributed by atoms with Crippen LogP contribution in [0.4, 0.5) is 5.95 Å². The molecule has 1 atom stereocenters. The number of hydrogen-bond acceptors (Lipinski definition) is 6. The molecule has 0 fully saturated rings. The van der Waals surface area contributed by atoms with E-state index in [4.69, 9.17) is 9.47 Å². The largest absolute Gasteiger partial charge is 0.481 e. The van der Waals surface area contributed by atoms with Gasteiger partial charge in [0, 0.05) is 6.54 Å². The summed E-state index contributed by atoms with van der Waals surface area (Å²) >= 11 is 0. The third-order valence-electron chi connectivity index (χ3n) is 2.52. The fourth-order valence-corrected chi connectivity index (χ4v) is 1.39. The Balaban J connectivity index is 2.69. The van der Waals surface area contributed by atoms with E-state index >= 15 is 0 Å². The van der Waals surface area contributed by atoms with Crippen LogP contribution in [0, 0.1) is 5.92 Å². The number of amides is 1. The van der Waals surface area contributed by atoms with Crippen LogP contribution in [0.2, 0.25) is 0 Å². The maximum atomic E-state index is 11.9. The van der Waals surface area contributed by atoms with Gasteiger partial charge in [-0.3, -0.25) is 4.79 Å². The number of rotatable bonds is 7. The molecule has 112 valence electrons. The minimum atomic E-state index is -0.453. The zero-order valence-electron chi connectivity index (χ0n) is 12.6. The monoisotopic (exact) mass is 282 g/mol. The second-order valence-electron chi connectivity index (χ2n) is 4.78. The van der Waals surface area contributed by atoms with E-state index in [1.54, 1.807) is 13.0 Å². The van der Waals surface area contributed by atoms with Gasteiger partial charge in [-0.15, -0.1) is 0 Å². The first-order valence-electron chi connectivity index (χ1n) is 6.47. The lowest BCUT2D eigenvalue weighted by atomic mass is 10.2. The summed E-state index contributed by atoms with van der Waals surface area (Å²) in [6.07, 6.45) is 0. The molecule has 0 aliphatic heterocycles. The molecule has 20 heavy (non-hydrogen) atoms. The highest BCUT2D eigenvalue weighted by Crippen LogP contribution is 2.17. The average Bonchev–Trinajstić information content (AvgIpc) is 2.43. The highest BCUT2D eigenvalue weighted by Gasteiger charge is 2.15. The second kappa shape index (κ2) is 7.52.